The summed E-state index contributed by atoms with van der Waals surface area (Å²) in [5.74, 6) is 1.95. The average Bonchev–Trinajstić information content (AvgIpc) is 2.59. The van der Waals surface area contributed by atoms with Gasteiger partial charge >= 0.3 is 0 Å². The second kappa shape index (κ2) is 8.20. The molecule has 3 rings (SSSR count). The summed E-state index contributed by atoms with van der Waals surface area (Å²) in [4.78, 5) is 0. The van der Waals surface area contributed by atoms with Crippen molar-refractivity contribution in [2.45, 2.75) is 18.4 Å². The summed E-state index contributed by atoms with van der Waals surface area (Å²) in [6.07, 6.45) is 0.324. The van der Waals surface area contributed by atoms with Crippen LogP contribution in [0.5, 0.6) is 11.5 Å². The van der Waals surface area contributed by atoms with Crippen molar-refractivity contribution in [3.8, 4) is 11.5 Å². The molecular weight excluding hydrogens is 314 g/mol. The zero-order chi connectivity index (χ0) is 15.4. The second-order valence-corrected chi connectivity index (χ2v) is 5.59. The van der Waals surface area contributed by atoms with Crippen LogP contribution in [0.1, 0.15) is 17.0 Å². The van der Waals surface area contributed by atoms with Crippen LogP contribution in [-0.2, 0) is 6.42 Å². The number of halogens is 1. The van der Waals surface area contributed by atoms with Crippen LogP contribution in [0, 0.1) is 0 Å². The highest BCUT2D eigenvalue weighted by atomic mass is 35.5. The third-order valence-electron chi connectivity index (χ3n) is 3.93. The monoisotopic (exact) mass is 335 g/mol. The first kappa shape index (κ1) is 17.6. The largest absolute Gasteiger partial charge is 0.493 e. The molecule has 23 heavy (non-hydrogen) atoms. The standard InChI is InChI=1S/C18H21NO3.ClH/c19-10-16(20)12-21-17-7-6-14-8-15(11-22-18(14)9-17)13-4-2-1-3-5-13;/h1-7,9,15-16,20H,8,10-12,19H2;1H. The predicted molar refractivity (Wildman–Crippen MR) is 92.6 cm³/mol. The summed E-state index contributed by atoms with van der Waals surface area (Å²) in [7, 11) is 0. The van der Waals surface area contributed by atoms with Gasteiger partial charge in [-0.3, -0.25) is 0 Å². The van der Waals surface area contributed by atoms with Crippen LogP contribution in [0.25, 0.3) is 0 Å². The Morgan fingerprint density at radius 1 is 1.22 bits per heavy atom. The van der Waals surface area contributed by atoms with Crippen molar-refractivity contribution in [3.63, 3.8) is 0 Å². The van der Waals surface area contributed by atoms with Crippen molar-refractivity contribution in [3.05, 3.63) is 59.7 Å². The number of nitrogens with two attached hydrogens (primary N) is 1. The topological polar surface area (TPSA) is 64.7 Å². The molecule has 0 aromatic heterocycles. The summed E-state index contributed by atoms with van der Waals surface area (Å²) in [5.41, 5.74) is 7.85. The molecule has 0 amide bonds. The first-order chi connectivity index (χ1) is 10.8. The normalized spacial score (nSPS) is 17.4. The van der Waals surface area contributed by atoms with E-state index in [0.29, 0.717) is 18.3 Å². The van der Waals surface area contributed by atoms with Crippen molar-refractivity contribution in [2.75, 3.05) is 19.8 Å². The highest BCUT2D eigenvalue weighted by Crippen LogP contribution is 2.34. The Balaban J connectivity index is 0.00000192. The van der Waals surface area contributed by atoms with Crippen LogP contribution in [-0.4, -0.2) is 31.0 Å². The van der Waals surface area contributed by atoms with Gasteiger partial charge in [0.05, 0.1) is 6.61 Å². The van der Waals surface area contributed by atoms with E-state index in [0.717, 1.165) is 12.2 Å². The molecule has 1 aliphatic rings. The van der Waals surface area contributed by atoms with Crippen LogP contribution in [0.2, 0.25) is 0 Å². The Kier molecular flexibility index (Phi) is 6.28. The molecule has 0 bridgehead atoms. The van der Waals surface area contributed by atoms with E-state index in [4.69, 9.17) is 15.2 Å². The highest BCUT2D eigenvalue weighted by molar-refractivity contribution is 5.85. The SMILES string of the molecule is Cl.NCC(O)COc1ccc2c(c1)OCC(c1ccccc1)C2. The molecule has 124 valence electrons. The molecule has 1 heterocycles. The van der Waals surface area contributed by atoms with Crippen LogP contribution >= 0.6 is 12.4 Å². The maximum atomic E-state index is 9.44. The van der Waals surface area contributed by atoms with Crippen molar-refractivity contribution in [2.24, 2.45) is 5.73 Å². The van der Waals surface area contributed by atoms with Crippen molar-refractivity contribution >= 4 is 12.4 Å². The molecule has 5 heteroatoms. The van der Waals surface area contributed by atoms with Crippen LogP contribution in [0.15, 0.2) is 48.5 Å². The minimum atomic E-state index is -0.639. The molecule has 0 saturated carbocycles. The van der Waals surface area contributed by atoms with Crippen molar-refractivity contribution in [1.82, 2.24) is 0 Å². The van der Waals surface area contributed by atoms with Gasteiger partial charge in [0.15, 0.2) is 0 Å². The molecule has 0 radical (unpaired) electrons. The quantitative estimate of drug-likeness (QED) is 0.881. The number of hydrogen-bond donors (Lipinski definition) is 2. The molecule has 2 unspecified atom stereocenters. The molecule has 2 aromatic rings. The smallest absolute Gasteiger partial charge is 0.126 e. The fourth-order valence-corrected chi connectivity index (χ4v) is 2.64. The third kappa shape index (κ3) is 4.38. The lowest BCUT2D eigenvalue weighted by Crippen LogP contribution is -2.26. The van der Waals surface area contributed by atoms with Crippen molar-refractivity contribution in [1.29, 1.82) is 0 Å². The van der Waals surface area contributed by atoms with Gasteiger partial charge in [-0.1, -0.05) is 36.4 Å². The van der Waals surface area contributed by atoms with E-state index in [2.05, 4.69) is 24.3 Å². The molecule has 0 saturated heterocycles. The van der Waals surface area contributed by atoms with Gasteiger partial charge in [-0.2, -0.15) is 0 Å². The lowest BCUT2D eigenvalue weighted by molar-refractivity contribution is 0.114. The number of ether oxygens (including phenoxy) is 2. The van der Waals surface area contributed by atoms with E-state index < -0.39 is 6.10 Å². The predicted octanol–water partition coefficient (Wildman–Crippen LogP) is 2.53. The lowest BCUT2D eigenvalue weighted by Gasteiger charge is -2.26. The fraction of sp³-hybridized carbons (Fsp3) is 0.333. The molecule has 0 spiro atoms. The first-order valence-corrected chi connectivity index (χ1v) is 7.58. The van der Waals surface area contributed by atoms with Gasteiger partial charge in [-0.15, -0.1) is 12.4 Å². The van der Waals surface area contributed by atoms with E-state index in [-0.39, 0.29) is 25.6 Å². The Morgan fingerprint density at radius 3 is 2.74 bits per heavy atom. The maximum absolute atomic E-state index is 9.44. The molecule has 4 nitrogen and oxygen atoms in total. The molecular formula is C18H22ClNO3. The molecule has 0 fully saturated rings. The van der Waals surface area contributed by atoms with E-state index in [1.54, 1.807) is 0 Å². The van der Waals surface area contributed by atoms with Gasteiger partial charge in [0.25, 0.3) is 0 Å². The van der Waals surface area contributed by atoms with E-state index in [1.165, 1.54) is 11.1 Å². The van der Waals surface area contributed by atoms with Crippen LogP contribution < -0.4 is 15.2 Å². The number of rotatable bonds is 5. The number of aliphatic hydroxyl groups excluding tert-OH is 1. The molecule has 2 atom stereocenters. The number of fused-ring (bicyclic) bond motifs is 1. The fourth-order valence-electron chi connectivity index (χ4n) is 2.64. The summed E-state index contributed by atoms with van der Waals surface area (Å²) < 4.78 is 11.4. The molecule has 1 aliphatic heterocycles. The number of aliphatic hydroxyl groups is 1. The summed E-state index contributed by atoms with van der Waals surface area (Å²) >= 11 is 0. The Bertz CT molecular complexity index is 621. The van der Waals surface area contributed by atoms with Gasteiger partial charge in [-0.05, 0) is 23.6 Å². The number of benzene rings is 2. The zero-order valence-electron chi connectivity index (χ0n) is 12.9. The average molecular weight is 336 g/mol. The van der Waals surface area contributed by atoms with Gasteiger partial charge in [0.1, 0.15) is 24.2 Å². The van der Waals surface area contributed by atoms with Gasteiger partial charge in [0.2, 0.25) is 0 Å². The minimum absolute atomic E-state index is 0. The van der Waals surface area contributed by atoms with E-state index >= 15 is 0 Å². The Morgan fingerprint density at radius 2 is 2.00 bits per heavy atom. The van der Waals surface area contributed by atoms with Crippen molar-refractivity contribution < 1.29 is 14.6 Å². The lowest BCUT2D eigenvalue weighted by atomic mass is 9.90. The highest BCUT2D eigenvalue weighted by Gasteiger charge is 2.21. The maximum Gasteiger partial charge on any atom is 0.126 e. The number of hydrogen-bond acceptors (Lipinski definition) is 4. The van der Waals surface area contributed by atoms with Gasteiger partial charge < -0.3 is 20.3 Å². The minimum Gasteiger partial charge on any atom is -0.493 e. The second-order valence-electron chi connectivity index (χ2n) is 5.59. The van der Waals surface area contributed by atoms with E-state index in [1.807, 2.05) is 24.3 Å². The third-order valence-corrected chi connectivity index (χ3v) is 3.93. The van der Waals surface area contributed by atoms with Gasteiger partial charge in [-0.25, -0.2) is 0 Å². The van der Waals surface area contributed by atoms with Crippen LogP contribution in [0.4, 0.5) is 0 Å². The molecule has 2 aromatic carbocycles. The van der Waals surface area contributed by atoms with Gasteiger partial charge in [0, 0.05) is 18.5 Å². The zero-order valence-corrected chi connectivity index (χ0v) is 13.7. The van der Waals surface area contributed by atoms with E-state index in [9.17, 15) is 5.11 Å². The Labute approximate surface area is 142 Å². The molecule has 3 N–H and O–H groups in total. The summed E-state index contributed by atoms with van der Waals surface area (Å²) in [6, 6.07) is 16.3. The first-order valence-electron chi connectivity index (χ1n) is 7.58. The molecule has 0 aliphatic carbocycles. The van der Waals surface area contributed by atoms with Crippen LogP contribution in [0.3, 0.4) is 0 Å². The Hall–Kier alpha value is -1.75. The summed E-state index contributed by atoms with van der Waals surface area (Å²) in [5, 5.41) is 9.44. The summed E-state index contributed by atoms with van der Waals surface area (Å²) in [6.45, 7) is 1.06.